The molecular weight excluding hydrogens is 208 g/mol. The molecule has 0 spiro atoms. The van der Waals surface area contributed by atoms with E-state index in [1.54, 1.807) is 0 Å². The molecule has 78 valence electrons. The lowest BCUT2D eigenvalue weighted by Crippen LogP contribution is -2.28. The lowest BCUT2D eigenvalue weighted by molar-refractivity contribution is 0.553. The van der Waals surface area contributed by atoms with Gasteiger partial charge in [-0.3, -0.25) is 9.78 Å². The second kappa shape index (κ2) is 4.87. The molecule has 0 aromatic carbocycles. The summed E-state index contributed by atoms with van der Waals surface area (Å²) < 4.78 is 20.1. The summed E-state index contributed by atoms with van der Waals surface area (Å²) in [5, 5.41) is 0. The van der Waals surface area contributed by atoms with E-state index in [1.807, 2.05) is 0 Å². The monoisotopic (exact) mass is 218 g/mol. The topological polar surface area (TPSA) is 92.2 Å². The largest absolute Gasteiger partial charge is 0.328 e. The average molecular weight is 218 g/mol. The van der Waals surface area contributed by atoms with Gasteiger partial charge in [-0.05, 0) is 6.42 Å². The van der Waals surface area contributed by atoms with Crippen LogP contribution in [0.4, 0.5) is 0 Å². The maximum Gasteiger partial charge on any atom is 0.328 e. The summed E-state index contributed by atoms with van der Waals surface area (Å²) in [6, 6.07) is 1.23. The Morgan fingerprint density at radius 3 is 2.79 bits per heavy atom. The molecule has 14 heavy (non-hydrogen) atoms. The average Bonchev–Trinajstić information content (AvgIpc) is 2.08. The van der Waals surface area contributed by atoms with Gasteiger partial charge in [0.15, 0.2) is 11.1 Å². The molecule has 1 heterocycles. The van der Waals surface area contributed by atoms with Crippen LogP contribution in [0.3, 0.4) is 0 Å². The van der Waals surface area contributed by atoms with Gasteiger partial charge in [0.05, 0.1) is 5.75 Å². The highest BCUT2D eigenvalue weighted by atomic mass is 32.2. The second-order valence-electron chi connectivity index (χ2n) is 2.68. The van der Waals surface area contributed by atoms with Crippen LogP contribution >= 0.6 is 0 Å². The molecule has 1 aromatic heterocycles. The molecule has 1 unspecified atom stereocenters. The summed E-state index contributed by atoms with van der Waals surface area (Å²) in [4.78, 5) is 23.8. The zero-order valence-electron chi connectivity index (χ0n) is 7.30. The van der Waals surface area contributed by atoms with E-state index in [4.69, 9.17) is 4.55 Å². The Hall–Kier alpha value is -1.21. The molecular formula is C7H10N2O4S. The molecule has 0 radical (unpaired) electrons. The smallest absolute Gasteiger partial charge is 0.306 e. The molecule has 6 nitrogen and oxygen atoms in total. The van der Waals surface area contributed by atoms with Crippen molar-refractivity contribution < 1.29 is 8.76 Å². The highest BCUT2D eigenvalue weighted by Gasteiger charge is 1.97. The van der Waals surface area contributed by atoms with Crippen LogP contribution in [0.1, 0.15) is 6.42 Å². The Kier molecular flexibility index (Phi) is 3.78. The van der Waals surface area contributed by atoms with Crippen LogP contribution < -0.4 is 11.2 Å². The number of aryl methyl sites for hydroxylation is 1. The third-order valence-corrected chi connectivity index (χ3v) is 2.25. The summed E-state index contributed by atoms with van der Waals surface area (Å²) in [7, 11) is 0. The summed E-state index contributed by atoms with van der Waals surface area (Å²) in [5.74, 6) is 0.117. The number of H-pyrrole nitrogens is 1. The van der Waals surface area contributed by atoms with Gasteiger partial charge in [0, 0.05) is 18.8 Å². The van der Waals surface area contributed by atoms with Gasteiger partial charge < -0.3 is 9.12 Å². The van der Waals surface area contributed by atoms with Gasteiger partial charge in [-0.2, -0.15) is 0 Å². The van der Waals surface area contributed by atoms with E-state index < -0.39 is 22.3 Å². The van der Waals surface area contributed by atoms with Crippen molar-refractivity contribution in [1.29, 1.82) is 0 Å². The standard InChI is InChI=1S/C7H10N2O4S/c10-6-2-4-9(7(11)8-6)3-1-5-14(12)13/h2,4H,1,3,5H2,(H,12,13)(H,8,10,11). The number of rotatable bonds is 4. The lowest BCUT2D eigenvalue weighted by atomic mass is 10.4. The van der Waals surface area contributed by atoms with Crippen LogP contribution in [0.2, 0.25) is 0 Å². The van der Waals surface area contributed by atoms with Crippen LogP contribution in [-0.4, -0.2) is 24.1 Å². The van der Waals surface area contributed by atoms with Gasteiger partial charge in [-0.1, -0.05) is 0 Å². The maximum absolute atomic E-state index is 11.1. The first-order chi connectivity index (χ1) is 6.59. The molecule has 0 fully saturated rings. The van der Waals surface area contributed by atoms with Crippen molar-refractivity contribution in [1.82, 2.24) is 9.55 Å². The molecule has 0 saturated heterocycles. The molecule has 0 saturated carbocycles. The van der Waals surface area contributed by atoms with Gasteiger partial charge in [0.2, 0.25) is 0 Å². The first-order valence-electron chi connectivity index (χ1n) is 3.97. The van der Waals surface area contributed by atoms with Crippen LogP contribution in [-0.2, 0) is 17.6 Å². The van der Waals surface area contributed by atoms with Crippen molar-refractivity contribution in [3.05, 3.63) is 33.1 Å². The van der Waals surface area contributed by atoms with E-state index in [9.17, 15) is 13.8 Å². The number of aromatic amines is 1. The van der Waals surface area contributed by atoms with Gasteiger partial charge >= 0.3 is 5.69 Å². The molecule has 1 aromatic rings. The van der Waals surface area contributed by atoms with Crippen LogP contribution in [0, 0.1) is 0 Å². The quantitative estimate of drug-likeness (QED) is 0.644. The maximum atomic E-state index is 11.1. The molecule has 0 aliphatic rings. The van der Waals surface area contributed by atoms with Gasteiger partial charge in [-0.25, -0.2) is 9.00 Å². The predicted molar refractivity (Wildman–Crippen MR) is 51.6 cm³/mol. The fourth-order valence-electron chi connectivity index (χ4n) is 0.979. The highest BCUT2D eigenvalue weighted by molar-refractivity contribution is 7.79. The van der Waals surface area contributed by atoms with Gasteiger partial charge in [-0.15, -0.1) is 0 Å². The van der Waals surface area contributed by atoms with Crippen molar-refractivity contribution in [3.63, 3.8) is 0 Å². The first kappa shape index (κ1) is 10.9. The molecule has 0 aliphatic heterocycles. The minimum Gasteiger partial charge on any atom is -0.306 e. The Morgan fingerprint density at radius 2 is 2.21 bits per heavy atom. The van der Waals surface area contributed by atoms with Gasteiger partial charge in [0.1, 0.15) is 0 Å². The Bertz CT molecular complexity index is 436. The van der Waals surface area contributed by atoms with E-state index in [0.717, 1.165) is 0 Å². The van der Waals surface area contributed by atoms with E-state index in [0.29, 0.717) is 13.0 Å². The number of nitrogens with zero attached hydrogens (tertiary/aromatic N) is 1. The molecule has 0 amide bonds. The van der Waals surface area contributed by atoms with Crippen LogP contribution in [0.5, 0.6) is 0 Å². The molecule has 1 atom stereocenters. The fourth-order valence-corrected chi connectivity index (χ4v) is 1.35. The van der Waals surface area contributed by atoms with Crippen molar-refractivity contribution in [2.24, 2.45) is 0 Å². The molecule has 2 N–H and O–H groups in total. The third kappa shape index (κ3) is 3.27. The number of nitrogens with one attached hydrogen (secondary N) is 1. The molecule has 7 heteroatoms. The van der Waals surface area contributed by atoms with Crippen molar-refractivity contribution >= 4 is 11.1 Å². The summed E-state index contributed by atoms with van der Waals surface area (Å²) in [6.45, 7) is 0.321. The zero-order valence-corrected chi connectivity index (χ0v) is 8.12. The van der Waals surface area contributed by atoms with Crippen molar-refractivity contribution in [2.75, 3.05) is 5.75 Å². The molecule has 0 bridgehead atoms. The normalized spacial score (nSPS) is 12.6. The minimum absolute atomic E-state index is 0.117. The zero-order chi connectivity index (χ0) is 10.6. The third-order valence-electron chi connectivity index (χ3n) is 1.61. The first-order valence-corrected chi connectivity index (χ1v) is 5.24. The lowest BCUT2D eigenvalue weighted by Gasteiger charge is -2.01. The minimum atomic E-state index is -1.84. The van der Waals surface area contributed by atoms with Crippen molar-refractivity contribution in [3.8, 4) is 0 Å². The Labute approximate surface area is 81.9 Å². The Balaban J connectivity index is 2.64. The number of aromatic nitrogens is 2. The molecule has 0 aliphatic carbocycles. The van der Waals surface area contributed by atoms with Crippen LogP contribution in [0.25, 0.3) is 0 Å². The SMILES string of the molecule is O=c1ccn(CCCS(=O)O)c(=O)[nH]1. The second-order valence-corrected chi connectivity index (χ2v) is 3.73. The number of hydrogen-bond donors (Lipinski definition) is 2. The van der Waals surface area contributed by atoms with E-state index >= 15 is 0 Å². The Morgan fingerprint density at radius 1 is 1.50 bits per heavy atom. The van der Waals surface area contributed by atoms with E-state index in [1.165, 1.54) is 16.8 Å². The number of hydrogen-bond acceptors (Lipinski definition) is 3. The fraction of sp³-hybridized carbons (Fsp3) is 0.429. The van der Waals surface area contributed by atoms with Crippen LogP contribution in [0.15, 0.2) is 21.9 Å². The summed E-state index contributed by atoms with van der Waals surface area (Å²) in [5.41, 5.74) is -0.946. The summed E-state index contributed by atoms with van der Waals surface area (Å²) >= 11 is -1.84. The van der Waals surface area contributed by atoms with Crippen molar-refractivity contribution in [2.45, 2.75) is 13.0 Å². The highest BCUT2D eigenvalue weighted by Crippen LogP contribution is 1.87. The van der Waals surface area contributed by atoms with E-state index in [2.05, 4.69) is 4.98 Å². The van der Waals surface area contributed by atoms with Gasteiger partial charge in [0.25, 0.3) is 5.56 Å². The van der Waals surface area contributed by atoms with E-state index in [-0.39, 0.29) is 5.75 Å². The molecule has 1 rings (SSSR count). The predicted octanol–water partition coefficient (Wildman–Crippen LogP) is -0.852. The summed E-state index contributed by atoms with van der Waals surface area (Å²) in [6.07, 6.45) is 1.77.